The van der Waals surface area contributed by atoms with Crippen molar-refractivity contribution in [3.63, 3.8) is 0 Å². The molecule has 0 bridgehead atoms. The van der Waals surface area contributed by atoms with E-state index < -0.39 is 6.09 Å². The first-order chi connectivity index (χ1) is 13.8. The number of nitrogens with zero attached hydrogens (tertiary/aromatic N) is 1. The van der Waals surface area contributed by atoms with E-state index in [0.717, 1.165) is 41.3 Å². The fraction of sp³-hybridized carbons (Fsp3) is 0.292. The second-order valence-electron chi connectivity index (χ2n) is 8.30. The zero-order chi connectivity index (χ0) is 20.6. The molecule has 2 aromatic carbocycles. The number of aryl methyl sites for hydroxylation is 1. The molecule has 5 heteroatoms. The summed E-state index contributed by atoms with van der Waals surface area (Å²) >= 11 is 0. The third-order valence-corrected chi connectivity index (χ3v) is 5.11. The third kappa shape index (κ3) is 3.86. The van der Waals surface area contributed by atoms with Gasteiger partial charge in [-0.15, -0.1) is 0 Å². The van der Waals surface area contributed by atoms with E-state index in [0.29, 0.717) is 17.0 Å². The fourth-order valence-corrected chi connectivity index (χ4v) is 3.80. The Balaban J connectivity index is 1.65. The molecule has 0 saturated heterocycles. The molecular weight excluding hydrogens is 366 g/mol. The summed E-state index contributed by atoms with van der Waals surface area (Å²) in [6.07, 6.45) is 1.88. The first kappa shape index (κ1) is 19.1. The molecule has 1 aromatic heterocycles. The highest BCUT2D eigenvalue weighted by Crippen LogP contribution is 2.30. The van der Waals surface area contributed by atoms with Gasteiger partial charge in [-0.25, -0.2) is 9.59 Å². The Hall–Kier alpha value is -3.21. The van der Waals surface area contributed by atoms with Crippen LogP contribution in [0.25, 0.3) is 11.0 Å². The smallest absolute Gasteiger partial charge is 0.422 e. The normalized spacial score (nSPS) is 14.1. The lowest BCUT2D eigenvalue weighted by Crippen LogP contribution is -2.23. The van der Waals surface area contributed by atoms with E-state index in [4.69, 9.17) is 9.15 Å². The summed E-state index contributed by atoms with van der Waals surface area (Å²) < 4.78 is 10.9. The summed E-state index contributed by atoms with van der Waals surface area (Å²) in [4.78, 5) is 28.9. The van der Waals surface area contributed by atoms with Crippen molar-refractivity contribution in [3.05, 3.63) is 75.6 Å². The first-order valence-electron chi connectivity index (χ1n) is 9.78. The second-order valence-corrected chi connectivity index (χ2v) is 8.30. The number of ether oxygens (including phenoxy) is 1. The van der Waals surface area contributed by atoms with Crippen molar-refractivity contribution >= 4 is 22.8 Å². The van der Waals surface area contributed by atoms with E-state index in [1.54, 1.807) is 12.1 Å². The van der Waals surface area contributed by atoms with Crippen LogP contribution in [0.3, 0.4) is 0 Å². The number of rotatable bonds is 2. The Morgan fingerprint density at radius 2 is 1.76 bits per heavy atom. The molecule has 0 saturated carbocycles. The fourth-order valence-electron chi connectivity index (χ4n) is 3.80. The molecule has 1 aliphatic carbocycles. The van der Waals surface area contributed by atoms with E-state index in [1.165, 1.54) is 0 Å². The number of benzene rings is 2. The van der Waals surface area contributed by atoms with Gasteiger partial charge in [-0.1, -0.05) is 51.1 Å². The van der Waals surface area contributed by atoms with E-state index >= 15 is 0 Å². The number of aliphatic imine (C=N–C) groups is 1. The summed E-state index contributed by atoms with van der Waals surface area (Å²) in [6, 6.07) is 14.7. The van der Waals surface area contributed by atoms with Gasteiger partial charge in [-0.3, -0.25) is 0 Å². The third-order valence-electron chi connectivity index (χ3n) is 5.11. The van der Waals surface area contributed by atoms with Crippen LogP contribution in [0.2, 0.25) is 0 Å². The van der Waals surface area contributed by atoms with Crippen LogP contribution in [0.5, 0.6) is 5.75 Å². The predicted octanol–water partition coefficient (Wildman–Crippen LogP) is 5.32. The number of hydrogen-bond donors (Lipinski definition) is 0. The number of amides is 1. The van der Waals surface area contributed by atoms with Gasteiger partial charge in [0.15, 0.2) is 0 Å². The molecule has 0 fully saturated rings. The molecule has 5 nitrogen and oxygen atoms in total. The highest BCUT2D eigenvalue weighted by atomic mass is 16.5. The summed E-state index contributed by atoms with van der Waals surface area (Å²) in [5.74, 6) is 0.300. The Labute approximate surface area is 169 Å². The molecule has 3 aromatic rings. The van der Waals surface area contributed by atoms with Crippen LogP contribution in [0.4, 0.5) is 4.79 Å². The lowest BCUT2D eigenvalue weighted by Gasteiger charge is -2.21. The molecule has 0 N–H and O–H groups in total. The molecule has 29 heavy (non-hydrogen) atoms. The van der Waals surface area contributed by atoms with Gasteiger partial charge in [0.1, 0.15) is 11.3 Å². The SMILES string of the molecule is CC(C)(C)/C(=N/C(=O)Oc1ccc2c3c(c(=O)oc2c1)CCC3)c1ccccc1. The van der Waals surface area contributed by atoms with Gasteiger partial charge in [0, 0.05) is 22.4 Å². The van der Waals surface area contributed by atoms with Crippen molar-refractivity contribution in [2.75, 3.05) is 0 Å². The first-order valence-corrected chi connectivity index (χ1v) is 9.78. The monoisotopic (exact) mass is 389 g/mol. The predicted molar refractivity (Wildman–Crippen MR) is 113 cm³/mol. The van der Waals surface area contributed by atoms with E-state index in [9.17, 15) is 9.59 Å². The molecule has 0 spiro atoms. The largest absolute Gasteiger partial charge is 0.439 e. The van der Waals surface area contributed by atoms with E-state index in [1.807, 2.05) is 57.2 Å². The van der Waals surface area contributed by atoms with Crippen LogP contribution in [0.15, 0.2) is 62.7 Å². The second kappa shape index (κ2) is 7.32. The van der Waals surface area contributed by atoms with Crippen molar-refractivity contribution in [1.29, 1.82) is 0 Å². The number of carbonyl (C=O) groups is 1. The van der Waals surface area contributed by atoms with Gasteiger partial charge in [-0.2, -0.15) is 4.99 Å². The standard InChI is InChI=1S/C24H23NO4/c1-24(2,3)21(15-8-5-4-6-9-15)25-23(27)28-16-12-13-18-17-10-7-11-19(17)22(26)29-20(18)14-16/h4-6,8-9,12-14H,7,10-11H2,1-3H3/b25-21+. The minimum absolute atomic E-state index is 0.300. The molecule has 0 atom stereocenters. The van der Waals surface area contributed by atoms with Crippen LogP contribution in [-0.4, -0.2) is 11.8 Å². The lowest BCUT2D eigenvalue weighted by atomic mass is 9.85. The van der Waals surface area contributed by atoms with Gasteiger partial charge in [-0.05, 0) is 42.5 Å². The Bertz CT molecular complexity index is 1170. The van der Waals surface area contributed by atoms with Crippen LogP contribution in [0.1, 0.15) is 43.9 Å². The van der Waals surface area contributed by atoms with Crippen molar-refractivity contribution < 1.29 is 13.9 Å². The molecule has 0 unspecified atom stereocenters. The van der Waals surface area contributed by atoms with Crippen molar-refractivity contribution in [2.24, 2.45) is 10.4 Å². The average Bonchev–Trinajstić information content (AvgIpc) is 3.16. The highest BCUT2D eigenvalue weighted by molar-refractivity contribution is 6.08. The van der Waals surface area contributed by atoms with Crippen molar-refractivity contribution in [1.82, 2.24) is 0 Å². The van der Waals surface area contributed by atoms with Gasteiger partial charge < -0.3 is 9.15 Å². The molecule has 1 amide bonds. The molecule has 1 aliphatic rings. The average molecular weight is 389 g/mol. The number of hydrogen-bond acceptors (Lipinski definition) is 4. The van der Waals surface area contributed by atoms with Crippen molar-refractivity contribution in [3.8, 4) is 5.75 Å². The minimum Gasteiger partial charge on any atom is -0.422 e. The maximum atomic E-state index is 12.5. The van der Waals surface area contributed by atoms with Gasteiger partial charge in [0.25, 0.3) is 0 Å². The number of carbonyl (C=O) groups excluding carboxylic acids is 1. The zero-order valence-corrected chi connectivity index (χ0v) is 16.8. The summed E-state index contributed by atoms with van der Waals surface area (Å²) in [6.45, 7) is 5.99. The lowest BCUT2D eigenvalue weighted by molar-refractivity contribution is 0.211. The Morgan fingerprint density at radius 1 is 1.03 bits per heavy atom. The summed E-state index contributed by atoms with van der Waals surface area (Å²) in [7, 11) is 0. The van der Waals surface area contributed by atoms with Gasteiger partial charge in [0.2, 0.25) is 0 Å². The van der Waals surface area contributed by atoms with Gasteiger partial charge >= 0.3 is 11.7 Å². The molecule has 1 heterocycles. The maximum Gasteiger partial charge on any atom is 0.439 e. The molecule has 0 radical (unpaired) electrons. The minimum atomic E-state index is -0.707. The van der Waals surface area contributed by atoms with E-state index in [-0.39, 0.29) is 11.0 Å². The van der Waals surface area contributed by atoms with E-state index in [2.05, 4.69) is 4.99 Å². The van der Waals surface area contributed by atoms with Crippen LogP contribution in [-0.2, 0) is 12.8 Å². The zero-order valence-electron chi connectivity index (χ0n) is 16.8. The van der Waals surface area contributed by atoms with Gasteiger partial charge in [0.05, 0.1) is 5.71 Å². The topological polar surface area (TPSA) is 68.9 Å². The van der Waals surface area contributed by atoms with Crippen LogP contribution >= 0.6 is 0 Å². The maximum absolute atomic E-state index is 12.5. The highest BCUT2D eigenvalue weighted by Gasteiger charge is 2.23. The van der Waals surface area contributed by atoms with Crippen LogP contribution in [0, 0.1) is 5.41 Å². The Morgan fingerprint density at radius 3 is 2.48 bits per heavy atom. The molecule has 0 aliphatic heterocycles. The van der Waals surface area contributed by atoms with Crippen LogP contribution < -0.4 is 10.4 Å². The molecule has 148 valence electrons. The quantitative estimate of drug-likeness (QED) is 0.440. The Kier molecular flexibility index (Phi) is 4.82. The van der Waals surface area contributed by atoms with Crippen molar-refractivity contribution in [2.45, 2.75) is 40.0 Å². The molecule has 4 rings (SSSR count). The summed E-state index contributed by atoms with van der Waals surface area (Å²) in [5.41, 5.74) is 3.13. The summed E-state index contributed by atoms with van der Waals surface area (Å²) in [5, 5.41) is 0.903. The molecular formula is C24H23NO4. The number of fused-ring (bicyclic) bond motifs is 3.